The molecule has 10 nitrogen and oxygen atoms in total. The van der Waals surface area contributed by atoms with Crippen LogP contribution in [0, 0.1) is 10.1 Å². The average molecular weight is 482 g/mol. The van der Waals surface area contributed by atoms with Crippen LogP contribution < -0.4 is 4.74 Å². The first-order valence-electron chi connectivity index (χ1n) is 10.4. The van der Waals surface area contributed by atoms with Gasteiger partial charge in [0, 0.05) is 39.1 Å². The Hall–Kier alpha value is -2.95. The molecule has 11 heteroatoms. The quantitative estimate of drug-likeness (QED) is 0.292. The van der Waals surface area contributed by atoms with Crippen LogP contribution in [-0.2, 0) is 20.0 Å². The van der Waals surface area contributed by atoms with E-state index in [1.54, 1.807) is 13.2 Å². The van der Waals surface area contributed by atoms with E-state index in [-0.39, 0.29) is 31.9 Å². The molecule has 0 spiro atoms. The standard InChI is InChI=1S/C22H27N3O7.ClH/c1-31-20-6-4-17-15-19(5-3-18(17)16-20)22(21(27)28,7-2-13-26)24-10-8-23(9-11-24)12-14-32-25(29)30;/h3-6,13,15-16H,2,7-12,14H2,1H3,(H,27,28);1H/t22-;/m0./s1. The molecule has 1 heterocycles. The fourth-order valence-electron chi connectivity index (χ4n) is 4.32. The fraction of sp³-hybridized carbons (Fsp3) is 0.455. The Morgan fingerprint density at radius 3 is 2.45 bits per heavy atom. The number of fused-ring (bicyclic) bond motifs is 1. The maximum absolute atomic E-state index is 12.7. The van der Waals surface area contributed by atoms with E-state index in [9.17, 15) is 24.8 Å². The summed E-state index contributed by atoms with van der Waals surface area (Å²) in [5.41, 5.74) is -0.729. The van der Waals surface area contributed by atoms with Crippen molar-refractivity contribution in [3.05, 3.63) is 52.1 Å². The smallest absolute Gasteiger partial charge is 0.328 e. The highest BCUT2D eigenvalue weighted by atomic mass is 35.5. The number of carboxylic acids is 1. The Bertz CT molecular complexity index is 982. The van der Waals surface area contributed by atoms with Gasteiger partial charge in [-0.15, -0.1) is 22.5 Å². The van der Waals surface area contributed by atoms with Crippen LogP contribution in [0.3, 0.4) is 0 Å². The molecular formula is C22H28ClN3O7. The molecule has 0 aliphatic carbocycles. The van der Waals surface area contributed by atoms with E-state index >= 15 is 0 Å². The van der Waals surface area contributed by atoms with Crippen molar-refractivity contribution < 1.29 is 29.4 Å². The Morgan fingerprint density at radius 2 is 1.85 bits per heavy atom. The zero-order valence-corrected chi connectivity index (χ0v) is 19.2. The number of carboxylic acid groups (broad SMARTS) is 1. The predicted molar refractivity (Wildman–Crippen MR) is 123 cm³/mol. The van der Waals surface area contributed by atoms with Crippen LogP contribution in [0.25, 0.3) is 10.8 Å². The van der Waals surface area contributed by atoms with Gasteiger partial charge in [0.05, 0.1) is 7.11 Å². The van der Waals surface area contributed by atoms with E-state index in [2.05, 4.69) is 4.84 Å². The molecule has 1 fully saturated rings. The molecule has 0 aromatic heterocycles. The van der Waals surface area contributed by atoms with Gasteiger partial charge in [0.15, 0.2) is 0 Å². The van der Waals surface area contributed by atoms with Crippen molar-refractivity contribution in [3.8, 4) is 5.75 Å². The van der Waals surface area contributed by atoms with Gasteiger partial charge in [-0.1, -0.05) is 18.2 Å². The van der Waals surface area contributed by atoms with Gasteiger partial charge in [0.2, 0.25) is 0 Å². The van der Waals surface area contributed by atoms with Crippen molar-refractivity contribution in [2.45, 2.75) is 18.4 Å². The highest BCUT2D eigenvalue weighted by molar-refractivity contribution is 5.88. The molecule has 0 saturated carbocycles. The topological polar surface area (TPSA) is 122 Å². The van der Waals surface area contributed by atoms with Gasteiger partial charge in [0.25, 0.3) is 5.09 Å². The monoisotopic (exact) mass is 481 g/mol. The minimum absolute atomic E-state index is 0. The van der Waals surface area contributed by atoms with Crippen LogP contribution in [0.15, 0.2) is 36.4 Å². The van der Waals surface area contributed by atoms with Crippen LogP contribution in [0.5, 0.6) is 5.75 Å². The van der Waals surface area contributed by atoms with E-state index in [1.807, 2.05) is 40.1 Å². The van der Waals surface area contributed by atoms with Crippen molar-refractivity contribution >= 4 is 35.4 Å². The van der Waals surface area contributed by atoms with E-state index < -0.39 is 16.6 Å². The molecule has 0 bridgehead atoms. The van der Waals surface area contributed by atoms with Crippen molar-refractivity contribution in [2.24, 2.45) is 0 Å². The minimum atomic E-state index is -1.35. The number of nitrogens with zero attached hydrogens (tertiary/aromatic N) is 3. The number of hydrogen-bond acceptors (Lipinski definition) is 8. The first kappa shape index (κ1) is 26.3. The van der Waals surface area contributed by atoms with Crippen LogP contribution >= 0.6 is 12.4 Å². The summed E-state index contributed by atoms with van der Waals surface area (Å²) in [6.07, 6.45) is 1.01. The van der Waals surface area contributed by atoms with Gasteiger partial charge in [0.1, 0.15) is 24.2 Å². The number of methoxy groups -OCH3 is 1. The van der Waals surface area contributed by atoms with Crippen molar-refractivity contribution in [1.82, 2.24) is 9.80 Å². The summed E-state index contributed by atoms with van der Waals surface area (Å²) in [6, 6.07) is 11.1. The third-order valence-corrected chi connectivity index (χ3v) is 6.02. The van der Waals surface area contributed by atoms with Gasteiger partial charge in [-0.3, -0.25) is 9.80 Å². The molecule has 2 aromatic rings. The van der Waals surface area contributed by atoms with Crippen LogP contribution in [0.1, 0.15) is 18.4 Å². The predicted octanol–water partition coefficient (Wildman–Crippen LogP) is 2.36. The first-order chi connectivity index (χ1) is 15.4. The molecule has 1 saturated heterocycles. The number of ether oxygens (including phenoxy) is 1. The lowest BCUT2D eigenvalue weighted by atomic mass is 9.82. The number of aldehydes is 1. The lowest BCUT2D eigenvalue weighted by molar-refractivity contribution is -0.757. The summed E-state index contributed by atoms with van der Waals surface area (Å²) in [6.45, 7) is 2.34. The zero-order valence-electron chi connectivity index (χ0n) is 18.3. The molecular weight excluding hydrogens is 454 g/mol. The van der Waals surface area contributed by atoms with Crippen molar-refractivity contribution in [2.75, 3.05) is 46.4 Å². The fourth-order valence-corrected chi connectivity index (χ4v) is 4.32. The molecule has 33 heavy (non-hydrogen) atoms. The number of rotatable bonds is 11. The molecule has 180 valence electrons. The van der Waals surface area contributed by atoms with Gasteiger partial charge < -0.3 is 19.5 Å². The third kappa shape index (κ3) is 5.89. The number of aliphatic carboxylic acids is 1. The number of hydrogen-bond donors (Lipinski definition) is 1. The van der Waals surface area contributed by atoms with E-state index in [0.29, 0.717) is 44.0 Å². The molecule has 0 unspecified atom stereocenters. The molecule has 1 aliphatic rings. The largest absolute Gasteiger partial charge is 0.497 e. The van der Waals surface area contributed by atoms with Crippen LogP contribution in [0.2, 0.25) is 0 Å². The first-order valence-corrected chi connectivity index (χ1v) is 10.4. The Labute approximate surface area is 197 Å². The average Bonchev–Trinajstić information content (AvgIpc) is 2.79. The van der Waals surface area contributed by atoms with Crippen LogP contribution in [-0.4, -0.2) is 78.7 Å². The second-order valence-corrected chi connectivity index (χ2v) is 7.68. The van der Waals surface area contributed by atoms with Gasteiger partial charge in [-0.25, -0.2) is 4.79 Å². The maximum Gasteiger partial charge on any atom is 0.328 e. The number of carbonyl (C=O) groups is 2. The zero-order chi connectivity index (χ0) is 23.1. The van der Waals surface area contributed by atoms with E-state index in [1.165, 1.54) is 0 Å². The summed E-state index contributed by atoms with van der Waals surface area (Å²) in [5.74, 6) is -0.287. The number of benzene rings is 2. The van der Waals surface area contributed by atoms with Crippen LogP contribution in [0.4, 0.5) is 0 Å². The summed E-state index contributed by atoms with van der Waals surface area (Å²) in [5, 5.41) is 21.7. The number of carbonyl (C=O) groups excluding carboxylic acids is 1. The molecule has 0 radical (unpaired) electrons. The van der Waals surface area contributed by atoms with Crippen molar-refractivity contribution in [3.63, 3.8) is 0 Å². The number of piperazine rings is 1. The summed E-state index contributed by atoms with van der Waals surface area (Å²) in [4.78, 5) is 42.5. The second-order valence-electron chi connectivity index (χ2n) is 7.68. The van der Waals surface area contributed by atoms with Crippen molar-refractivity contribution in [1.29, 1.82) is 0 Å². The summed E-state index contributed by atoms with van der Waals surface area (Å²) >= 11 is 0. The highest BCUT2D eigenvalue weighted by Gasteiger charge is 2.46. The summed E-state index contributed by atoms with van der Waals surface area (Å²) < 4.78 is 5.27. The van der Waals surface area contributed by atoms with Gasteiger partial charge in [-0.2, -0.15) is 0 Å². The maximum atomic E-state index is 12.7. The highest BCUT2D eigenvalue weighted by Crippen LogP contribution is 2.37. The lowest BCUT2D eigenvalue weighted by Crippen LogP contribution is -2.59. The molecule has 3 rings (SSSR count). The molecule has 1 aliphatic heterocycles. The molecule has 2 aromatic carbocycles. The molecule has 1 atom stereocenters. The van der Waals surface area contributed by atoms with E-state index in [0.717, 1.165) is 17.1 Å². The van der Waals surface area contributed by atoms with E-state index in [4.69, 9.17) is 4.74 Å². The molecule has 1 N–H and O–H groups in total. The minimum Gasteiger partial charge on any atom is -0.497 e. The normalized spacial score (nSPS) is 16.4. The Kier molecular flexibility index (Phi) is 9.39. The van der Waals surface area contributed by atoms with Gasteiger partial charge in [-0.05, 0) is 41.0 Å². The summed E-state index contributed by atoms with van der Waals surface area (Å²) in [7, 11) is 1.59. The van der Waals surface area contributed by atoms with Gasteiger partial charge >= 0.3 is 5.97 Å². The third-order valence-electron chi connectivity index (χ3n) is 6.02. The lowest BCUT2D eigenvalue weighted by Gasteiger charge is -2.45. The molecule has 0 amide bonds. The SMILES string of the molecule is COc1ccc2cc([C@@](CCC=O)(C(=O)O)N3CCN(CCO[N+](=O)[O-])CC3)ccc2c1.Cl. The number of halogens is 1. The second kappa shape index (κ2) is 11.8. The Balaban J connectivity index is 0.00000385. The Morgan fingerprint density at radius 1 is 1.18 bits per heavy atom.